The summed E-state index contributed by atoms with van der Waals surface area (Å²) >= 11 is 0. The first kappa shape index (κ1) is 10.1. The molecule has 1 aliphatic rings. The summed E-state index contributed by atoms with van der Waals surface area (Å²) in [7, 11) is 0. The van der Waals surface area contributed by atoms with Crippen LogP contribution >= 0.6 is 0 Å². The molecule has 0 saturated heterocycles. The van der Waals surface area contributed by atoms with Gasteiger partial charge in [0.25, 0.3) is 0 Å². The Bertz CT molecular complexity index is 138. The molecule has 0 aliphatic heterocycles. The summed E-state index contributed by atoms with van der Waals surface area (Å²) in [6.07, 6.45) is 8.62. The highest BCUT2D eigenvalue weighted by molar-refractivity contribution is 4.85. The first-order valence-electron chi connectivity index (χ1n) is 5.47. The molecule has 0 heteroatoms. The van der Waals surface area contributed by atoms with Gasteiger partial charge in [0, 0.05) is 0 Å². The van der Waals surface area contributed by atoms with Crippen molar-refractivity contribution in [2.75, 3.05) is 0 Å². The van der Waals surface area contributed by atoms with Crippen molar-refractivity contribution in [1.82, 2.24) is 0 Å². The van der Waals surface area contributed by atoms with E-state index >= 15 is 0 Å². The van der Waals surface area contributed by atoms with Crippen molar-refractivity contribution in [1.29, 1.82) is 0 Å². The minimum Gasteiger partial charge on any atom is -0.0649 e. The van der Waals surface area contributed by atoms with Crippen molar-refractivity contribution < 1.29 is 0 Å². The average molecular weight is 168 g/mol. The zero-order chi connectivity index (χ0) is 9.24. The van der Waals surface area contributed by atoms with Gasteiger partial charge >= 0.3 is 0 Å². The van der Waals surface area contributed by atoms with Crippen molar-refractivity contribution >= 4 is 0 Å². The Morgan fingerprint density at radius 3 is 2.08 bits per heavy atom. The lowest BCUT2D eigenvalue weighted by Gasteiger charge is -2.34. The van der Waals surface area contributed by atoms with Gasteiger partial charge in [0.2, 0.25) is 0 Å². The molecule has 1 fully saturated rings. The molecular weight excluding hydrogens is 144 g/mol. The summed E-state index contributed by atoms with van der Waals surface area (Å²) in [6.45, 7) is 9.63. The zero-order valence-electron chi connectivity index (χ0n) is 9.24. The van der Waals surface area contributed by atoms with E-state index in [2.05, 4.69) is 27.7 Å². The fourth-order valence-electron chi connectivity index (χ4n) is 2.69. The highest BCUT2D eigenvalue weighted by Crippen LogP contribution is 2.46. The molecular formula is C12H24. The molecule has 0 N–H and O–H groups in total. The molecule has 0 unspecified atom stereocenters. The maximum Gasteiger partial charge on any atom is -0.0321 e. The summed E-state index contributed by atoms with van der Waals surface area (Å²) < 4.78 is 0. The predicted octanol–water partition coefficient (Wildman–Crippen LogP) is 4.39. The van der Waals surface area contributed by atoms with Crippen molar-refractivity contribution in [3.63, 3.8) is 0 Å². The topological polar surface area (TPSA) is 0 Å². The molecule has 0 aromatic rings. The lowest BCUT2D eigenvalue weighted by Crippen LogP contribution is -2.22. The quantitative estimate of drug-likeness (QED) is 0.586. The molecule has 1 saturated carbocycles. The maximum absolute atomic E-state index is 2.48. The third-order valence-electron chi connectivity index (χ3n) is 3.67. The Hall–Kier alpha value is 0. The molecule has 0 amide bonds. The number of rotatable bonds is 3. The van der Waals surface area contributed by atoms with E-state index in [9.17, 15) is 0 Å². The van der Waals surface area contributed by atoms with Crippen LogP contribution in [0.1, 0.15) is 66.2 Å². The monoisotopic (exact) mass is 168 g/mol. The van der Waals surface area contributed by atoms with E-state index in [1.54, 1.807) is 0 Å². The van der Waals surface area contributed by atoms with Crippen LogP contribution in [-0.2, 0) is 0 Å². The number of hydrogen-bond donors (Lipinski definition) is 0. The fourth-order valence-corrected chi connectivity index (χ4v) is 2.69. The van der Waals surface area contributed by atoms with Crippen LogP contribution in [0.3, 0.4) is 0 Å². The molecule has 0 nitrogen and oxygen atoms in total. The Kier molecular flexibility index (Phi) is 2.85. The molecule has 1 rings (SSSR count). The number of hydrogen-bond acceptors (Lipinski definition) is 0. The lowest BCUT2D eigenvalue weighted by molar-refractivity contribution is 0.176. The van der Waals surface area contributed by atoms with Crippen molar-refractivity contribution in [2.24, 2.45) is 10.8 Å². The van der Waals surface area contributed by atoms with Gasteiger partial charge in [0.1, 0.15) is 0 Å². The molecule has 72 valence electrons. The van der Waals surface area contributed by atoms with Crippen LogP contribution in [0.25, 0.3) is 0 Å². The van der Waals surface area contributed by atoms with E-state index in [4.69, 9.17) is 0 Å². The molecule has 12 heavy (non-hydrogen) atoms. The van der Waals surface area contributed by atoms with E-state index in [1.165, 1.54) is 38.5 Å². The first-order valence-corrected chi connectivity index (χ1v) is 5.47. The van der Waals surface area contributed by atoms with Gasteiger partial charge in [-0.2, -0.15) is 0 Å². The van der Waals surface area contributed by atoms with Crippen molar-refractivity contribution in [2.45, 2.75) is 66.2 Å². The summed E-state index contributed by atoms with van der Waals surface area (Å²) in [5, 5.41) is 0. The third-order valence-corrected chi connectivity index (χ3v) is 3.67. The van der Waals surface area contributed by atoms with Crippen LogP contribution in [0.5, 0.6) is 0 Å². The van der Waals surface area contributed by atoms with E-state index in [-0.39, 0.29) is 0 Å². The summed E-state index contributed by atoms with van der Waals surface area (Å²) in [4.78, 5) is 0. The molecule has 0 spiro atoms. The predicted molar refractivity (Wildman–Crippen MR) is 55.3 cm³/mol. The Morgan fingerprint density at radius 2 is 1.67 bits per heavy atom. The fraction of sp³-hybridized carbons (Fsp3) is 1.00. The van der Waals surface area contributed by atoms with Gasteiger partial charge in [-0.3, -0.25) is 0 Å². The highest BCUT2D eigenvalue weighted by Gasteiger charge is 2.33. The van der Waals surface area contributed by atoms with E-state index in [1.807, 2.05) is 0 Å². The van der Waals surface area contributed by atoms with Gasteiger partial charge < -0.3 is 0 Å². The molecule has 0 atom stereocenters. The molecule has 0 aromatic carbocycles. The molecule has 1 aliphatic carbocycles. The van der Waals surface area contributed by atoms with Crippen LogP contribution in [0.15, 0.2) is 0 Å². The van der Waals surface area contributed by atoms with Crippen LogP contribution < -0.4 is 0 Å². The second kappa shape index (κ2) is 3.40. The van der Waals surface area contributed by atoms with Gasteiger partial charge in [-0.1, -0.05) is 47.0 Å². The molecule has 0 bridgehead atoms. The standard InChI is InChI=1S/C12H24/c1-5-11(2,3)10-12(4)8-6-7-9-12/h5-10H2,1-4H3. The van der Waals surface area contributed by atoms with Crippen LogP contribution in [0.2, 0.25) is 0 Å². The van der Waals surface area contributed by atoms with E-state index < -0.39 is 0 Å². The summed E-state index contributed by atoms with van der Waals surface area (Å²) in [5.41, 5.74) is 1.25. The van der Waals surface area contributed by atoms with Crippen LogP contribution in [0, 0.1) is 10.8 Å². The van der Waals surface area contributed by atoms with Crippen LogP contribution in [-0.4, -0.2) is 0 Å². The second-order valence-corrected chi connectivity index (χ2v) is 5.71. The Balaban J connectivity index is 2.48. The van der Waals surface area contributed by atoms with E-state index in [0.29, 0.717) is 10.8 Å². The smallest absolute Gasteiger partial charge is 0.0321 e. The highest BCUT2D eigenvalue weighted by atomic mass is 14.4. The first-order chi connectivity index (χ1) is 5.47. The van der Waals surface area contributed by atoms with Gasteiger partial charge in [-0.05, 0) is 30.1 Å². The van der Waals surface area contributed by atoms with Gasteiger partial charge in [-0.15, -0.1) is 0 Å². The van der Waals surface area contributed by atoms with Crippen LogP contribution in [0.4, 0.5) is 0 Å². The second-order valence-electron chi connectivity index (χ2n) is 5.71. The van der Waals surface area contributed by atoms with Crippen molar-refractivity contribution in [3.8, 4) is 0 Å². The minimum atomic E-state index is 0.569. The van der Waals surface area contributed by atoms with Gasteiger partial charge in [0.15, 0.2) is 0 Å². The average Bonchev–Trinajstić information content (AvgIpc) is 2.35. The Morgan fingerprint density at radius 1 is 1.17 bits per heavy atom. The molecule has 0 aromatic heterocycles. The zero-order valence-corrected chi connectivity index (χ0v) is 9.24. The van der Waals surface area contributed by atoms with Gasteiger partial charge in [-0.25, -0.2) is 0 Å². The SMILES string of the molecule is CCC(C)(C)CC1(C)CCCC1. The summed E-state index contributed by atoms with van der Waals surface area (Å²) in [5.74, 6) is 0. The normalized spacial score (nSPS) is 23.0. The maximum atomic E-state index is 2.48. The van der Waals surface area contributed by atoms with Crippen molar-refractivity contribution in [3.05, 3.63) is 0 Å². The molecule has 0 radical (unpaired) electrons. The minimum absolute atomic E-state index is 0.569. The molecule has 0 heterocycles. The third kappa shape index (κ3) is 2.50. The largest absolute Gasteiger partial charge is 0.0649 e. The lowest BCUT2D eigenvalue weighted by atomic mass is 9.72. The van der Waals surface area contributed by atoms with Gasteiger partial charge in [0.05, 0.1) is 0 Å². The van der Waals surface area contributed by atoms with E-state index in [0.717, 1.165) is 0 Å². The summed E-state index contributed by atoms with van der Waals surface area (Å²) in [6, 6.07) is 0. The Labute approximate surface area is 77.7 Å².